The number of nitrogens with two attached hydrogens (primary N) is 1. The van der Waals surface area contributed by atoms with Crippen molar-refractivity contribution in [3.05, 3.63) is 50.7 Å². The van der Waals surface area contributed by atoms with Gasteiger partial charge >= 0.3 is 0 Å². The van der Waals surface area contributed by atoms with Gasteiger partial charge < -0.3 is 10.6 Å². The number of hydrogen-bond acceptors (Lipinski definition) is 4. The molecule has 2 heterocycles. The standard InChI is InChI=1S/C17H20ClN3OS/c1-12-2-3-13(19)10-15(12)17(22)21-8-6-20(7-9-21)11-14-4-5-16(18)23-14/h2-5,10H,6-9,11,19H2,1H3. The number of halogens is 1. The molecule has 1 aromatic heterocycles. The molecule has 4 nitrogen and oxygen atoms in total. The number of thiophene rings is 1. The van der Waals surface area contributed by atoms with Gasteiger partial charge in [-0.2, -0.15) is 0 Å². The van der Waals surface area contributed by atoms with E-state index in [4.69, 9.17) is 17.3 Å². The van der Waals surface area contributed by atoms with Crippen LogP contribution in [0.4, 0.5) is 5.69 Å². The summed E-state index contributed by atoms with van der Waals surface area (Å²) in [6.45, 7) is 6.09. The van der Waals surface area contributed by atoms with Crippen LogP contribution in [-0.2, 0) is 6.54 Å². The second-order valence-corrected chi connectivity index (χ2v) is 7.65. The number of rotatable bonds is 3. The smallest absolute Gasteiger partial charge is 0.254 e. The van der Waals surface area contributed by atoms with Crippen LogP contribution in [0, 0.1) is 6.92 Å². The van der Waals surface area contributed by atoms with Crippen molar-refractivity contribution in [2.24, 2.45) is 0 Å². The molecule has 23 heavy (non-hydrogen) atoms. The Morgan fingerprint density at radius 3 is 2.61 bits per heavy atom. The average molecular weight is 350 g/mol. The number of aryl methyl sites for hydroxylation is 1. The van der Waals surface area contributed by atoms with E-state index in [0.29, 0.717) is 11.3 Å². The first-order valence-corrected chi connectivity index (χ1v) is 8.84. The second kappa shape index (κ2) is 6.91. The first-order chi connectivity index (χ1) is 11.0. The number of anilines is 1. The SMILES string of the molecule is Cc1ccc(N)cc1C(=O)N1CCN(Cc2ccc(Cl)s2)CC1. The lowest BCUT2D eigenvalue weighted by atomic mass is 10.1. The topological polar surface area (TPSA) is 49.6 Å². The van der Waals surface area contributed by atoms with E-state index >= 15 is 0 Å². The monoisotopic (exact) mass is 349 g/mol. The molecule has 0 radical (unpaired) electrons. The predicted molar refractivity (Wildman–Crippen MR) is 96.1 cm³/mol. The number of piperazine rings is 1. The molecular formula is C17H20ClN3OS. The van der Waals surface area contributed by atoms with Gasteiger partial charge in [0.25, 0.3) is 5.91 Å². The van der Waals surface area contributed by atoms with Gasteiger partial charge in [-0.05, 0) is 36.8 Å². The van der Waals surface area contributed by atoms with Crippen molar-refractivity contribution in [1.82, 2.24) is 9.80 Å². The van der Waals surface area contributed by atoms with Gasteiger partial charge in [-0.3, -0.25) is 9.69 Å². The highest BCUT2D eigenvalue weighted by Gasteiger charge is 2.23. The number of amides is 1. The molecule has 0 spiro atoms. The molecule has 1 amide bonds. The van der Waals surface area contributed by atoms with E-state index in [1.54, 1.807) is 17.4 Å². The predicted octanol–water partition coefficient (Wildman–Crippen LogP) is 3.25. The summed E-state index contributed by atoms with van der Waals surface area (Å²) in [4.78, 5) is 18.2. The molecule has 0 saturated carbocycles. The van der Waals surface area contributed by atoms with Crippen LogP contribution in [0.15, 0.2) is 30.3 Å². The van der Waals surface area contributed by atoms with Gasteiger partial charge in [-0.1, -0.05) is 17.7 Å². The number of nitrogens with zero attached hydrogens (tertiary/aromatic N) is 2. The normalized spacial score (nSPS) is 15.8. The molecular weight excluding hydrogens is 330 g/mol. The van der Waals surface area contributed by atoms with Crippen LogP contribution in [-0.4, -0.2) is 41.9 Å². The Morgan fingerprint density at radius 1 is 1.22 bits per heavy atom. The highest BCUT2D eigenvalue weighted by Crippen LogP contribution is 2.23. The van der Waals surface area contributed by atoms with E-state index in [1.807, 2.05) is 30.0 Å². The zero-order chi connectivity index (χ0) is 16.4. The summed E-state index contributed by atoms with van der Waals surface area (Å²) in [6, 6.07) is 9.51. The summed E-state index contributed by atoms with van der Waals surface area (Å²) >= 11 is 7.59. The maximum absolute atomic E-state index is 12.7. The van der Waals surface area contributed by atoms with Crippen LogP contribution in [0.3, 0.4) is 0 Å². The third-order valence-electron chi connectivity index (χ3n) is 4.16. The third-order valence-corrected chi connectivity index (χ3v) is 5.38. The fraction of sp³-hybridized carbons (Fsp3) is 0.353. The summed E-state index contributed by atoms with van der Waals surface area (Å²) in [5.41, 5.74) is 8.13. The number of carbonyl (C=O) groups excluding carboxylic acids is 1. The summed E-state index contributed by atoms with van der Waals surface area (Å²) in [6.07, 6.45) is 0. The molecule has 6 heteroatoms. The summed E-state index contributed by atoms with van der Waals surface area (Å²) in [7, 11) is 0. The average Bonchev–Trinajstić information content (AvgIpc) is 2.95. The molecule has 1 aromatic carbocycles. The first kappa shape index (κ1) is 16.3. The number of nitrogen functional groups attached to an aromatic ring is 1. The number of hydrogen-bond donors (Lipinski definition) is 1. The van der Waals surface area contributed by atoms with Gasteiger partial charge in [-0.15, -0.1) is 11.3 Å². The van der Waals surface area contributed by atoms with Gasteiger partial charge in [0, 0.05) is 48.9 Å². The zero-order valence-corrected chi connectivity index (χ0v) is 14.7. The molecule has 0 aliphatic carbocycles. The Kier molecular flexibility index (Phi) is 4.90. The minimum atomic E-state index is 0.0774. The van der Waals surface area contributed by atoms with E-state index in [-0.39, 0.29) is 5.91 Å². The maximum Gasteiger partial charge on any atom is 0.254 e. The molecule has 0 bridgehead atoms. The fourth-order valence-electron chi connectivity index (χ4n) is 2.81. The minimum Gasteiger partial charge on any atom is -0.399 e. The molecule has 3 rings (SSSR count). The van der Waals surface area contributed by atoms with Crippen molar-refractivity contribution < 1.29 is 4.79 Å². The Balaban J connectivity index is 1.60. The largest absolute Gasteiger partial charge is 0.399 e. The van der Waals surface area contributed by atoms with Crippen LogP contribution >= 0.6 is 22.9 Å². The first-order valence-electron chi connectivity index (χ1n) is 7.65. The van der Waals surface area contributed by atoms with Gasteiger partial charge in [0.1, 0.15) is 0 Å². The van der Waals surface area contributed by atoms with Crippen LogP contribution in [0.25, 0.3) is 0 Å². The molecule has 1 saturated heterocycles. The quantitative estimate of drug-likeness (QED) is 0.865. The van der Waals surface area contributed by atoms with E-state index in [1.165, 1.54) is 4.88 Å². The molecule has 0 unspecified atom stereocenters. The van der Waals surface area contributed by atoms with E-state index < -0.39 is 0 Å². The van der Waals surface area contributed by atoms with Gasteiger partial charge in [0.15, 0.2) is 0 Å². The lowest BCUT2D eigenvalue weighted by Crippen LogP contribution is -2.48. The number of carbonyl (C=O) groups is 1. The Morgan fingerprint density at radius 2 is 1.96 bits per heavy atom. The van der Waals surface area contributed by atoms with Crippen LogP contribution < -0.4 is 5.73 Å². The molecule has 122 valence electrons. The Bertz CT molecular complexity index is 708. The Hall–Kier alpha value is -1.56. The number of benzene rings is 1. The molecule has 1 aliphatic heterocycles. The summed E-state index contributed by atoms with van der Waals surface area (Å²) in [5.74, 6) is 0.0774. The van der Waals surface area contributed by atoms with Gasteiger partial charge in [0.2, 0.25) is 0 Å². The lowest BCUT2D eigenvalue weighted by molar-refractivity contribution is 0.0629. The molecule has 1 fully saturated rings. The summed E-state index contributed by atoms with van der Waals surface area (Å²) in [5, 5.41) is 0. The van der Waals surface area contributed by atoms with E-state index in [9.17, 15) is 4.79 Å². The maximum atomic E-state index is 12.7. The Labute approximate surface area is 145 Å². The minimum absolute atomic E-state index is 0.0774. The van der Waals surface area contributed by atoms with Gasteiger partial charge in [0.05, 0.1) is 4.34 Å². The van der Waals surface area contributed by atoms with Crippen LogP contribution in [0.5, 0.6) is 0 Å². The van der Waals surface area contributed by atoms with E-state index in [0.717, 1.165) is 42.6 Å². The highest BCUT2D eigenvalue weighted by atomic mass is 35.5. The van der Waals surface area contributed by atoms with Crippen LogP contribution in [0.2, 0.25) is 4.34 Å². The van der Waals surface area contributed by atoms with Crippen molar-refractivity contribution in [2.45, 2.75) is 13.5 Å². The van der Waals surface area contributed by atoms with E-state index in [2.05, 4.69) is 11.0 Å². The van der Waals surface area contributed by atoms with Crippen molar-refractivity contribution in [3.63, 3.8) is 0 Å². The van der Waals surface area contributed by atoms with Crippen molar-refractivity contribution in [1.29, 1.82) is 0 Å². The van der Waals surface area contributed by atoms with Crippen molar-refractivity contribution >= 4 is 34.5 Å². The highest BCUT2D eigenvalue weighted by molar-refractivity contribution is 7.16. The van der Waals surface area contributed by atoms with Crippen LogP contribution in [0.1, 0.15) is 20.8 Å². The van der Waals surface area contributed by atoms with Gasteiger partial charge in [-0.25, -0.2) is 0 Å². The fourth-order valence-corrected chi connectivity index (χ4v) is 3.94. The van der Waals surface area contributed by atoms with Crippen molar-refractivity contribution in [3.8, 4) is 0 Å². The van der Waals surface area contributed by atoms with Crippen molar-refractivity contribution in [2.75, 3.05) is 31.9 Å². The second-order valence-electron chi connectivity index (χ2n) is 5.85. The molecule has 2 N–H and O–H groups in total. The molecule has 0 atom stereocenters. The molecule has 1 aliphatic rings. The zero-order valence-electron chi connectivity index (χ0n) is 13.1. The lowest BCUT2D eigenvalue weighted by Gasteiger charge is -2.34. The summed E-state index contributed by atoms with van der Waals surface area (Å²) < 4.78 is 0.825. The third kappa shape index (κ3) is 3.86. The molecule has 2 aromatic rings.